The summed E-state index contributed by atoms with van der Waals surface area (Å²) in [7, 11) is 0. The van der Waals surface area contributed by atoms with Crippen LogP contribution in [0.2, 0.25) is 0 Å². The van der Waals surface area contributed by atoms with E-state index in [0.717, 1.165) is 16.6 Å². The van der Waals surface area contributed by atoms with Gasteiger partial charge < -0.3 is 15.7 Å². The average Bonchev–Trinajstić information content (AvgIpc) is 2.55. The monoisotopic (exact) mass is 321 g/mol. The molecule has 2 amide bonds. The van der Waals surface area contributed by atoms with Crippen LogP contribution in [0.3, 0.4) is 0 Å². The second-order valence-electron chi connectivity index (χ2n) is 5.32. The number of anilines is 2. The maximum Gasteiger partial charge on any atom is 0.335 e. The largest absolute Gasteiger partial charge is 0.478 e. The molecule has 0 aliphatic carbocycles. The van der Waals surface area contributed by atoms with Crippen LogP contribution >= 0.6 is 0 Å². The number of nitrogens with one attached hydrogen (secondary N) is 2. The minimum Gasteiger partial charge on any atom is -0.478 e. The molecule has 1 heterocycles. The number of urea groups is 1. The number of carboxylic acids is 1. The number of carboxylic acid groups (broad SMARTS) is 1. The van der Waals surface area contributed by atoms with Gasteiger partial charge in [-0.25, -0.2) is 9.59 Å². The topological polar surface area (TPSA) is 91.3 Å². The minimum atomic E-state index is -1.01. The van der Waals surface area contributed by atoms with E-state index in [0.29, 0.717) is 11.4 Å². The Kier molecular flexibility index (Phi) is 4.11. The van der Waals surface area contributed by atoms with Crippen molar-refractivity contribution in [3.05, 3.63) is 65.9 Å². The molecule has 2 aromatic carbocycles. The number of hydrogen-bond donors (Lipinski definition) is 3. The first-order chi connectivity index (χ1) is 11.5. The Labute approximate surface area is 138 Å². The van der Waals surface area contributed by atoms with Crippen molar-refractivity contribution in [2.24, 2.45) is 0 Å². The highest BCUT2D eigenvalue weighted by molar-refractivity contribution is 6.01. The molecule has 0 bridgehead atoms. The summed E-state index contributed by atoms with van der Waals surface area (Å²) < 4.78 is 0. The van der Waals surface area contributed by atoms with Gasteiger partial charge in [0.25, 0.3) is 0 Å². The van der Waals surface area contributed by atoms with Crippen molar-refractivity contribution in [3.63, 3.8) is 0 Å². The van der Waals surface area contributed by atoms with Gasteiger partial charge in [0, 0.05) is 22.5 Å². The Balaban J connectivity index is 1.70. The molecule has 0 saturated carbocycles. The third-order valence-corrected chi connectivity index (χ3v) is 3.48. The Morgan fingerprint density at radius 3 is 2.29 bits per heavy atom. The summed E-state index contributed by atoms with van der Waals surface area (Å²) in [6.07, 6.45) is 0. The van der Waals surface area contributed by atoms with Crippen LogP contribution in [-0.2, 0) is 0 Å². The average molecular weight is 321 g/mol. The number of carbonyl (C=O) groups excluding carboxylic acids is 1. The lowest BCUT2D eigenvalue weighted by Gasteiger charge is -2.09. The number of amides is 2. The third-order valence-electron chi connectivity index (χ3n) is 3.48. The van der Waals surface area contributed by atoms with E-state index < -0.39 is 12.0 Å². The summed E-state index contributed by atoms with van der Waals surface area (Å²) in [4.78, 5) is 27.2. The van der Waals surface area contributed by atoms with Gasteiger partial charge in [-0.15, -0.1) is 0 Å². The summed E-state index contributed by atoms with van der Waals surface area (Å²) in [6.45, 7) is 1.93. The second kappa shape index (κ2) is 6.37. The molecule has 6 nitrogen and oxygen atoms in total. The van der Waals surface area contributed by atoms with E-state index in [1.807, 2.05) is 31.2 Å². The standard InChI is InChI=1S/C18H15N3O3/c1-11-2-3-13-10-15(8-9-16(13)19-11)21-18(24)20-14-6-4-12(5-7-14)17(22)23/h2-10H,1H3,(H,22,23)(H2,20,21,24). The number of aromatic carboxylic acids is 1. The van der Waals surface area contributed by atoms with Gasteiger partial charge in [0.2, 0.25) is 0 Å². The van der Waals surface area contributed by atoms with Gasteiger partial charge in [-0.1, -0.05) is 6.07 Å². The van der Waals surface area contributed by atoms with E-state index in [4.69, 9.17) is 5.11 Å². The number of fused-ring (bicyclic) bond motifs is 1. The van der Waals surface area contributed by atoms with Crippen LogP contribution in [0.15, 0.2) is 54.6 Å². The van der Waals surface area contributed by atoms with Crippen LogP contribution in [0.25, 0.3) is 10.9 Å². The van der Waals surface area contributed by atoms with Gasteiger partial charge in [-0.05, 0) is 55.5 Å². The van der Waals surface area contributed by atoms with Gasteiger partial charge >= 0.3 is 12.0 Å². The Bertz CT molecular complexity index is 920. The first kappa shape index (κ1) is 15.5. The molecular formula is C18H15N3O3. The highest BCUT2D eigenvalue weighted by Crippen LogP contribution is 2.18. The zero-order chi connectivity index (χ0) is 17.1. The molecule has 1 aromatic heterocycles. The van der Waals surface area contributed by atoms with Gasteiger partial charge in [-0.2, -0.15) is 0 Å². The fourth-order valence-corrected chi connectivity index (χ4v) is 2.29. The normalized spacial score (nSPS) is 10.4. The van der Waals surface area contributed by atoms with E-state index in [9.17, 15) is 9.59 Å². The van der Waals surface area contributed by atoms with Crippen molar-refractivity contribution in [1.82, 2.24) is 4.98 Å². The minimum absolute atomic E-state index is 0.165. The van der Waals surface area contributed by atoms with Crippen molar-refractivity contribution >= 4 is 34.3 Å². The smallest absolute Gasteiger partial charge is 0.335 e. The molecule has 120 valence electrons. The van der Waals surface area contributed by atoms with Crippen molar-refractivity contribution in [1.29, 1.82) is 0 Å². The number of aryl methyl sites for hydroxylation is 1. The Hall–Kier alpha value is -3.41. The highest BCUT2D eigenvalue weighted by Gasteiger charge is 2.06. The highest BCUT2D eigenvalue weighted by atomic mass is 16.4. The predicted molar refractivity (Wildman–Crippen MR) is 92.5 cm³/mol. The van der Waals surface area contributed by atoms with Crippen LogP contribution < -0.4 is 10.6 Å². The molecule has 0 spiro atoms. The number of pyridine rings is 1. The Morgan fingerprint density at radius 2 is 1.58 bits per heavy atom. The lowest BCUT2D eigenvalue weighted by Crippen LogP contribution is -2.19. The zero-order valence-electron chi connectivity index (χ0n) is 12.9. The first-order valence-electron chi connectivity index (χ1n) is 7.30. The quantitative estimate of drug-likeness (QED) is 0.682. The summed E-state index contributed by atoms with van der Waals surface area (Å²) in [5.41, 5.74) is 3.12. The number of benzene rings is 2. The summed E-state index contributed by atoms with van der Waals surface area (Å²) in [5, 5.41) is 15.2. The van der Waals surface area contributed by atoms with Crippen LogP contribution in [0.4, 0.5) is 16.2 Å². The van der Waals surface area contributed by atoms with E-state index in [-0.39, 0.29) is 5.56 Å². The van der Waals surface area contributed by atoms with E-state index in [1.165, 1.54) is 24.3 Å². The number of hydrogen-bond acceptors (Lipinski definition) is 3. The number of rotatable bonds is 3. The molecule has 0 fully saturated rings. The second-order valence-corrected chi connectivity index (χ2v) is 5.32. The molecule has 0 aliphatic heterocycles. The molecule has 24 heavy (non-hydrogen) atoms. The SMILES string of the molecule is Cc1ccc2cc(NC(=O)Nc3ccc(C(=O)O)cc3)ccc2n1. The number of nitrogens with zero attached hydrogens (tertiary/aromatic N) is 1. The maximum atomic E-state index is 12.0. The zero-order valence-corrected chi connectivity index (χ0v) is 12.9. The summed E-state index contributed by atoms with van der Waals surface area (Å²) >= 11 is 0. The van der Waals surface area contributed by atoms with Crippen molar-refractivity contribution < 1.29 is 14.7 Å². The molecular weight excluding hydrogens is 306 g/mol. The Morgan fingerprint density at radius 1 is 0.917 bits per heavy atom. The molecule has 0 atom stereocenters. The summed E-state index contributed by atoms with van der Waals surface area (Å²) in [6, 6.07) is 14.9. The van der Waals surface area contributed by atoms with Gasteiger partial charge in [0.1, 0.15) is 0 Å². The third kappa shape index (κ3) is 3.49. The van der Waals surface area contributed by atoms with Crippen molar-refractivity contribution in [2.75, 3.05) is 10.6 Å². The summed E-state index contributed by atoms with van der Waals surface area (Å²) in [5.74, 6) is -1.01. The molecule has 3 aromatic rings. The number of carbonyl (C=O) groups is 2. The van der Waals surface area contributed by atoms with Gasteiger partial charge in [-0.3, -0.25) is 4.98 Å². The fraction of sp³-hybridized carbons (Fsp3) is 0.0556. The maximum absolute atomic E-state index is 12.0. The molecule has 6 heteroatoms. The van der Waals surface area contributed by atoms with Crippen LogP contribution in [0.1, 0.15) is 16.1 Å². The number of aromatic nitrogens is 1. The molecule has 3 rings (SSSR count). The lowest BCUT2D eigenvalue weighted by atomic mass is 10.2. The van der Waals surface area contributed by atoms with Gasteiger partial charge in [0.15, 0.2) is 0 Å². The molecule has 0 saturated heterocycles. The van der Waals surface area contributed by atoms with Crippen LogP contribution in [0, 0.1) is 6.92 Å². The van der Waals surface area contributed by atoms with Crippen molar-refractivity contribution in [3.8, 4) is 0 Å². The van der Waals surface area contributed by atoms with Crippen molar-refractivity contribution in [2.45, 2.75) is 6.92 Å². The van der Waals surface area contributed by atoms with E-state index >= 15 is 0 Å². The molecule has 0 aliphatic rings. The fourth-order valence-electron chi connectivity index (χ4n) is 2.29. The van der Waals surface area contributed by atoms with Gasteiger partial charge in [0.05, 0.1) is 11.1 Å². The van der Waals surface area contributed by atoms with E-state index in [1.54, 1.807) is 6.07 Å². The molecule has 0 unspecified atom stereocenters. The first-order valence-corrected chi connectivity index (χ1v) is 7.30. The molecule has 0 radical (unpaired) electrons. The van der Waals surface area contributed by atoms with Crippen LogP contribution in [0.5, 0.6) is 0 Å². The molecule has 3 N–H and O–H groups in total. The predicted octanol–water partition coefficient (Wildman–Crippen LogP) is 3.89. The van der Waals surface area contributed by atoms with Crippen LogP contribution in [-0.4, -0.2) is 22.1 Å². The lowest BCUT2D eigenvalue weighted by molar-refractivity contribution is 0.0697. The van der Waals surface area contributed by atoms with E-state index in [2.05, 4.69) is 15.6 Å².